The SMILES string of the molecule is Nc1ccc(N(CCO)CCO)c(-c2ccc(Cl)c(Cl)c2)c1. The second-order valence-corrected chi connectivity index (χ2v) is 5.65. The van der Waals surface area contributed by atoms with Crippen molar-refractivity contribution in [1.82, 2.24) is 0 Å². The van der Waals surface area contributed by atoms with Gasteiger partial charge in [-0.2, -0.15) is 0 Å². The number of halogens is 2. The van der Waals surface area contributed by atoms with E-state index in [1.54, 1.807) is 18.2 Å². The quantitative estimate of drug-likeness (QED) is 0.707. The third kappa shape index (κ3) is 3.84. The number of rotatable bonds is 6. The Morgan fingerprint density at radius 3 is 2.18 bits per heavy atom. The molecule has 0 aliphatic carbocycles. The van der Waals surface area contributed by atoms with Crippen LogP contribution in [0.4, 0.5) is 11.4 Å². The van der Waals surface area contributed by atoms with Crippen molar-refractivity contribution in [3.8, 4) is 11.1 Å². The van der Waals surface area contributed by atoms with Gasteiger partial charge in [-0.25, -0.2) is 0 Å². The summed E-state index contributed by atoms with van der Waals surface area (Å²) < 4.78 is 0. The number of aliphatic hydroxyl groups is 2. The fourth-order valence-electron chi connectivity index (χ4n) is 2.32. The zero-order chi connectivity index (χ0) is 16.1. The van der Waals surface area contributed by atoms with Crippen molar-refractivity contribution >= 4 is 34.6 Å². The lowest BCUT2D eigenvalue weighted by Gasteiger charge is -2.26. The van der Waals surface area contributed by atoms with Crippen molar-refractivity contribution in [2.75, 3.05) is 36.9 Å². The van der Waals surface area contributed by atoms with E-state index in [-0.39, 0.29) is 13.2 Å². The second-order valence-electron chi connectivity index (χ2n) is 4.84. The normalized spacial score (nSPS) is 10.7. The summed E-state index contributed by atoms with van der Waals surface area (Å²) >= 11 is 12.1. The van der Waals surface area contributed by atoms with Gasteiger partial charge in [0.2, 0.25) is 0 Å². The van der Waals surface area contributed by atoms with E-state index in [2.05, 4.69) is 0 Å². The minimum Gasteiger partial charge on any atom is -0.399 e. The fourth-order valence-corrected chi connectivity index (χ4v) is 2.62. The molecule has 118 valence electrons. The summed E-state index contributed by atoms with van der Waals surface area (Å²) in [7, 11) is 0. The van der Waals surface area contributed by atoms with Crippen LogP contribution in [-0.2, 0) is 0 Å². The van der Waals surface area contributed by atoms with Crippen molar-refractivity contribution in [2.24, 2.45) is 0 Å². The van der Waals surface area contributed by atoms with Gasteiger partial charge in [-0.15, -0.1) is 0 Å². The first-order chi connectivity index (χ1) is 10.6. The highest BCUT2D eigenvalue weighted by molar-refractivity contribution is 6.42. The van der Waals surface area contributed by atoms with Crippen molar-refractivity contribution in [2.45, 2.75) is 0 Å². The molecule has 0 radical (unpaired) electrons. The van der Waals surface area contributed by atoms with Crippen molar-refractivity contribution in [3.63, 3.8) is 0 Å². The number of hydrogen-bond donors (Lipinski definition) is 3. The highest BCUT2D eigenvalue weighted by Crippen LogP contribution is 2.35. The maximum atomic E-state index is 9.23. The molecule has 0 bridgehead atoms. The Kier molecular flexibility index (Phi) is 5.91. The summed E-state index contributed by atoms with van der Waals surface area (Å²) in [5.74, 6) is 0. The van der Waals surface area contributed by atoms with Gasteiger partial charge in [-0.05, 0) is 35.9 Å². The average Bonchev–Trinajstić information content (AvgIpc) is 2.50. The number of hydrogen-bond acceptors (Lipinski definition) is 4. The van der Waals surface area contributed by atoms with E-state index in [1.807, 2.05) is 23.1 Å². The molecule has 0 heterocycles. The second kappa shape index (κ2) is 7.70. The van der Waals surface area contributed by atoms with E-state index in [4.69, 9.17) is 28.9 Å². The number of nitrogen functional groups attached to an aromatic ring is 1. The Morgan fingerprint density at radius 2 is 1.59 bits per heavy atom. The molecular formula is C16H18Cl2N2O2. The first-order valence-electron chi connectivity index (χ1n) is 6.88. The van der Waals surface area contributed by atoms with Crippen LogP contribution < -0.4 is 10.6 Å². The van der Waals surface area contributed by atoms with E-state index in [9.17, 15) is 10.2 Å². The molecular weight excluding hydrogens is 323 g/mol. The Labute approximate surface area is 139 Å². The zero-order valence-corrected chi connectivity index (χ0v) is 13.5. The highest BCUT2D eigenvalue weighted by atomic mass is 35.5. The van der Waals surface area contributed by atoms with Gasteiger partial charge in [0.1, 0.15) is 0 Å². The van der Waals surface area contributed by atoms with Crippen molar-refractivity contribution in [1.29, 1.82) is 0 Å². The summed E-state index contributed by atoms with van der Waals surface area (Å²) in [5, 5.41) is 19.4. The first-order valence-corrected chi connectivity index (χ1v) is 7.64. The van der Waals surface area contributed by atoms with E-state index in [0.717, 1.165) is 16.8 Å². The van der Waals surface area contributed by atoms with E-state index in [0.29, 0.717) is 28.8 Å². The summed E-state index contributed by atoms with van der Waals surface area (Å²) in [4.78, 5) is 1.90. The zero-order valence-electron chi connectivity index (χ0n) is 12.0. The standard InChI is InChI=1S/C16H18Cl2N2O2/c17-14-3-1-11(9-15(14)18)13-10-12(19)2-4-16(13)20(5-7-21)6-8-22/h1-4,9-10,21-22H,5-8,19H2. The largest absolute Gasteiger partial charge is 0.399 e. The van der Waals surface area contributed by atoms with Gasteiger partial charge < -0.3 is 20.8 Å². The van der Waals surface area contributed by atoms with Gasteiger partial charge in [0.15, 0.2) is 0 Å². The Bertz CT molecular complexity index is 644. The summed E-state index contributed by atoms with van der Waals surface area (Å²) in [5.41, 5.74) is 9.15. The molecule has 0 aliphatic rings. The van der Waals surface area contributed by atoms with Crippen LogP contribution in [0.1, 0.15) is 0 Å². The minimum absolute atomic E-state index is 0.00874. The number of nitrogens with zero attached hydrogens (tertiary/aromatic N) is 1. The van der Waals surface area contributed by atoms with Gasteiger partial charge in [0, 0.05) is 30.0 Å². The van der Waals surface area contributed by atoms with Gasteiger partial charge in [0.25, 0.3) is 0 Å². The molecule has 2 aromatic rings. The maximum Gasteiger partial charge on any atom is 0.0606 e. The molecule has 0 aromatic heterocycles. The molecule has 2 aromatic carbocycles. The van der Waals surface area contributed by atoms with Crippen LogP contribution in [0.5, 0.6) is 0 Å². The van der Waals surface area contributed by atoms with Crippen molar-refractivity contribution in [3.05, 3.63) is 46.4 Å². The molecule has 0 saturated heterocycles. The highest BCUT2D eigenvalue weighted by Gasteiger charge is 2.13. The number of nitrogens with two attached hydrogens (primary N) is 1. The smallest absolute Gasteiger partial charge is 0.0606 e. The Morgan fingerprint density at radius 1 is 0.909 bits per heavy atom. The Hall–Kier alpha value is -1.46. The van der Waals surface area contributed by atoms with Crippen LogP contribution in [0.3, 0.4) is 0 Å². The lowest BCUT2D eigenvalue weighted by atomic mass is 10.0. The third-order valence-corrected chi connectivity index (χ3v) is 4.07. The molecule has 0 unspecified atom stereocenters. The molecule has 0 amide bonds. The molecule has 0 aliphatic heterocycles. The molecule has 0 spiro atoms. The van der Waals surface area contributed by atoms with E-state index in [1.165, 1.54) is 0 Å². The predicted octanol–water partition coefficient (Wildman–Crippen LogP) is 3.03. The molecule has 6 heteroatoms. The maximum absolute atomic E-state index is 9.23. The number of anilines is 2. The molecule has 2 rings (SSSR count). The molecule has 4 nitrogen and oxygen atoms in total. The third-order valence-electron chi connectivity index (χ3n) is 3.33. The van der Waals surface area contributed by atoms with Gasteiger partial charge >= 0.3 is 0 Å². The molecule has 22 heavy (non-hydrogen) atoms. The molecule has 0 saturated carbocycles. The van der Waals surface area contributed by atoms with Gasteiger partial charge in [-0.1, -0.05) is 29.3 Å². The van der Waals surface area contributed by atoms with E-state index < -0.39 is 0 Å². The van der Waals surface area contributed by atoms with Crippen LogP contribution >= 0.6 is 23.2 Å². The van der Waals surface area contributed by atoms with Crippen LogP contribution in [0.25, 0.3) is 11.1 Å². The lowest BCUT2D eigenvalue weighted by Crippen LogP contribution is -2.30. The van der Waals surface area contributed by atoms with Crippen LogP contribution in [0, 0.1) is 0 Å². The monoisotopic (exact) mass is 340 g/mol. The van der Waals surface area contributed by atoms with Gasteiger partial charge in [0.05, 0.1) is 23.3 Å². The van der Waals surface area contributed by atoms with Gasteiger partial charge in [-0.3, -0.25) is 0 Å². The first kappa shape index (κ1) is 16.9. The summed E-state index contributed by atoms with van der Waals surface area (Å²) in [6.45, 7) is 0.813. The Balaban J connectivity index is 2.53. The topological polar surface area (TPSA) is 69.7 Å². The minimum atomic E-state index is -0.00874. The predicted molar refractivity (Wildman–Crippen MR) is 92.7 cm³/mol. The lowest BCUT2D eigenvalue weighted by molar-refractivity contribution is 0.281. The van der Waals surface area contributed by atoms with Crippen LogP contribution in [0.15, 0.2) is 36.4 Å². The summed E-state index contributed by atoms with van der Waals surface area (Å²) in [6.07, 6.45) is 0. The molecule has 0 atom stereocenters. The van der Waals surface area contributed by atoms with E-state index >= 15 is 0 Å². The van der Waals surface area contributed by atoms with Crippen molar-refractivity contribution < 1.29 is 10.2 Å². The molecule has 0 fully saturated rings. The molecule has 4 N–H and O–H groups in total. The average molecular weight is 341 g/mol. The fraction of sp³-hybridized carbons (Fsp3) is 0.250. The van der Waals surface area contributed by atoms with Crippen LogP contribution in [0.2, 0.25) is 10.0 Å². The van der Waals surface area contributed by atoms with Crippen LogP contribution in [-0.4, -0.2) is 36.5 Å². The number of aliphatic hydroxyl groups excluding tert-OH is 2. The summed E-state index contributed by atoms with van der Waals surface area (Å²) in [6, 6.07) is 10.9. The number of benzene rings is 2.